The van der Waals surface area contributed by atoms with E-state index in [0.717, 1.165) is 22.8 Å². The van der Waals surface area contributed by atoms with Crippen LogP contribution in [-0.4, -0.2) is 29.8 Å². The number of hydrogen-bond donors (Lipinski definition) is 2. The van der Waals surface area contributed by atoms with Gasteiger partial charge < -0.3 is 10.4 Å². The molecule has 0 radical (unpaired) electrons. The van der Waals surface area contributed by atoms with E-state index in [2.05, 4.69) is 0 Å². The zero-order valence-corrected chi connectivity index (χ0v) is 11.2. The molecule has 6 heteroatoms. The van der Waals surface area contributed by atoms with Crippen LogP contribution in [0.3, 0.4) is 0 Å². The topological polar surface area (TPSA) is 49.3 Å². The van der Waals surface area contributed by atoms with Crippen molar-refractivity contribution >= 4 is 12.0 Å². The molecule has 0 spiro atoms. The Kier molecular flexibility index (Phi) is 5.33. The molecular formula is C14H16F3NO2. The van der Waals surface area contributed by atoms with Crippen LogP contribution >= 0.6 is 0 Å². The third-order valence-corrected chi connectivity index (χ3v) is 2.69. The number of carbonyl (C=O) groups excluding carboxylic acids is 1. The summed E-state index contributed by atoms with van der Waals surface area (Å²) < 4.78 is 36.1. The molecule has 0 bridgehead atoms. The Morgan fingerprint density at radius 1 is 1.40 bits per heavy atom. The number of nitrogens with one attached hydrogen (secondary N) is 1. The first-order chi connectivity index (χ1) is 9.20. The van der Waals surface area contributed by atoms with Crippen LogP contribution in [0.25, 0.3) is 6.08 Å². The van der Waals surface area contributed by atoms with E-state index in [1.54, 1.807) is 0 Å². The number of benzene rings is 1. The first-order valence-corrected chi connectivity index (χ1v) is 5.98. The molecule has 0 aromatic heterocycles. The Balaban J connectivity index is 2.56. The summed E-state index contributed by atoms with van der Waals surface area (Å²) in [5.74, 6) is -0.687. The second kappa shape index (κ2) is 6.56. The molecule has 1 amide bonds. The van der Waals surface area contributed by atoms with Crippen LogP contribution in [0, 0.1) is 13.8 Å². The Hall–Kier alpha value is -1.82. The van der Waals surface area contributed by atoms with Crippen molar-refractivity contribution in [1.82, 2.24) is 5.32 Å². The molecule has 2 N–H and O–H groups in total. The summed E-state index contributed by atoms with van der Waals surface area (Å²) in [6, 6.07) is 5.63. The fraction of sp³-hybridized carbons (Fsp3) is 0.357. The Labute approximate surface area is 115 Å². The number of hydrogen-bond acceptors (Lipinski definition) is 2. The van der Waals surface area contributed by atoms with Gasteiger partial charge >= 0.3 is 6.18 Å². The van der Waals surface area contributed by atoms with Gasteiger partial charge in [0.1, 0.15) is 0 Å². The van der Waals surface area contributed by atoms with Gasteiger partial charge in [0.25, 0.3) is 0 Å². The minimum Gasteiger partial charge on any atom is -0.382 e. The number of carbonyl (C=O) groups is 1. The smallest absolute Gasteiger partial charge is 0.382 e. The minimum absolute atomic E-state index is 0.687. The number of halogens is 3. The highest BCUT2D eigenvalue weighted by Crippen LogP contribution is 2.19. The van der Waals surface area contributed by atoms with Crippen LogP contribution in [0.4, 0.5) is 13.2 Å². The van der Waals surface area contributed by atoms with Gasteiger partial charge in [-0.15, -0.1) is 0 Å². The molecule has 110 valence electrons. The second-order valence-corrected chi connectivity index (χ2v) is 4.50. The summed E-state index contributed by atoms with van der Waals surface area (Å²) in [6.45, 7) is 2.95. The lowest BCUT2D eigenvalue weighted by Gasteiger charge is -2.14. The average Bonchev–Trinajstić information content (AvgIpc) is 2.33. The maximum atomic E-state index is 12.0. The lowest BCUT2D eigenvalue weighted by molar-refractivity contribution is -0.201. The van der Waals surface area contributed by atoms with Gasteiger partial charge in [-0.05, 0) is 31.1 Å². The van der Waals surface area contributed by atoms with E-state index in [-0.39, 0.29) is 0 Å². The van der Waals surface area contributed by atoms with Gasteiger partial charge in [-0.3, -0.25) is 4.79 Å². The van der Waals surface area contributed by atoms with Crippen molar-refractivity contribution in [2.75, 3.05) is 6.54 Å². The molecule has 0 aliphatic carbocycles. The highest BCUT2D eigenvalue weighted by molar-refractivity contribution is 5.91. The molecule has 1 aromatic rings. The van der Waals surface area contributed by atoms with Gasteiger partial charge in [0.05, 0.1) is 6.54 Å². The number of aliphatic hydroxyl groups is 1. The molecule has 3 nitrogen and oxygen atoms in total. The highest BCUT2D eigenvalue weighted by Gasteiger charge is 2.37. The number of aliphatic hydroxyl groups excluding tert-OH is 1. The largest absolute Gasteiger partial charge is 0.416 e. The fourth-order valence-corrected chi connectivity index (χ4v) is 1.55. The molecule has 0 aliphatic rings. The molecule has 1 atom stereocenters. The zero-order valence-electron chi connectivity index (χ0n) is 11.2. The molecule has 1 aromatic carbocycles. The minimum atomic E-state index is -4.73. The maximum Gasteiger partial charge on any atom is 0.416 e. The van der Waals surface area contributed by atoms with Crippen molar-refractivity contribution in [3.05, 3.63) is 41.0 Å². The number of alkyl halides is 3. The summed E-state index contributed by atoms with van der Waals surface area (Å²) >= 11 is 0. The van der Waals surface area contributed by atoms with E-state index < -0.39 is 24.7 Å². The molecule has 0 saturated carbocycles. The maximum absolute atomic E-state index is 12.0. The molecule has 20 heavy (non-hydrogen) atoms. The van der Waals surface area contributed by atoms with Crippen LogP contribution in [-0.2, 0) is 4.79 Å². The van der Waals surface area contributed by atoms with Gasteiger partial charge in [-0.25, -0.2) is 0 Å². The van der Waals surface area contributed by atoms with Crippen molar-refractivity contribution in [3.8, 4) is 0 Å². The Bertz CT molecular complexity index is 510. The molecular weight excluding hydrogens is 271 g/mol. The zero-order chi connectivity index (χ0) is 15.3. The van der Waals surface area contributed by atoms with Gasteiger partial charge in [-0.1, -0.05) is 23.8 Å². The second-order valence-electron chi connectivity index (χ2n) is 4.50. The van der Waals surface area contributed by atoms with Crippen molar-refractivity contribution < 1.29 is 23.1 Å². The summed E-state index contributed by atoms with van der Waals surface area (Å²) in [7, 11) is 0. The quantitative estimate of drug-likeness (QED) is 0.835. The van der Waals surface area contributed by atoms with Gasteiger partial charge in [0, 0.05) is 6.08 Å². The predicted molar refractivity (Wildman–Crippen MR) is 70.0 cm³/mol. The highest BCUT2D eigenvalue weighted by atomic mass is 19.4. The van der Waals surface area contributed by atoms with Crippen LogP contribution in [0.1, 0.15) is 16.7 Å². The first kappa shape index (κ1) is 16.2. The molecule has 1 unspecified atom stereocenters. The van der Waals surface area contributed by atoms with E-state index in [1.165, 1.54) is 6.08 Å². The third-order valence-electron chi connectivity index (χ3n) is 2.69. The Morgan fingerprint density at radius 2 is 2.05 bits per heavy atom. The molecule has 0 heterocycles. The standard InChI is InChI=1S/C14H16F3NO2/c1-9-3-4-11(10(2)7-9)5-6-13(20)18-8-12(19)14(15,16)17/h3-7,12,19H,8H2,1-2H3,(H,18,20)/b6-5+. The fourth-order valence-electron chi connectivity index (χ4n) is 1.55. The molecule has 1 rings (SSSR count). The predicted octanol–water partition coefficient (Wildman–Crippen LogP) is 2.36. The molecule has 0 fully saturated rings. The van der Waals surface area contributed by atoms with Crippen LogP contribution in [0.15, 0.2) is 24.3 Å². The summed E-state index contributed by atoms with van der Waals surface area (Å²) in [4.78, 5) is 11.3. The van der Waals surface area contributed by atoms with E-state index in [4.69, 9.17) is 5.11 Å². The Morgan fingerprint density at radius 3 is 2.60 bits per heavy atom. The molecule has 0 aliphatic heterocycles. The lowest BCUT2D eigenvalue weighted by atomic mass is 10.1. The third kappa shape index (κ3) is 5.05. The summed E-state index contributed by atoms with van der Waals surface area (Å²) in [5.41, 5.74) is 2.85. The van der Waals surface area contributed by atoms with Gasteiger partial charge in [0.15, 0.2) is 6.10 Å². The van der Waals surface area contributed by atoms with E-state index >= 15 is 0 Å². The summed E-state index contributed by atoms with van der Waals surface area (Å²) in [5, 5.41) is 10.7. The molecule has 0 saturated heterocycles. The van der Waals surface area contributed by atoms with Crippen molar-refractivity contribution in [2.45, 2.75) is 26.1 Å². The lowest BCUT2D eigenvalue weighted by Crippen LogP contribution is -2.40. The van der Waals surface area contributed by atoms with E-state index in [1.807, 2.05) is 37.4 Å². The van der Waals surface area contributed by atoms with Gasteiger partial charge in [-0.2, -0.15) is 13.2 Å². The average molecular weight is 287 g/mol. The van der Waals surface area contributed by atoms with Crippen molar-refractivity contribution in [2.24, 2.45) is 0 Å². The first-order valence-electron chi connectivity index (χ1n) is 5.98. The number of aryl methyl sites for hydroxylation is 2. The van der Waals surface area contributed by atoms with E-state index in [9.17, 15) is 18.0 Å². The number of rotatable bonds is 4. The van der Waals surface area contributed by atoms with Crippen molar-refractivity contribution in [1.29, 1.82) is 0 Å². The monoisotopic (exact) mass is 287 g/mol. The van der Waals surface area contributed by atoms with Crippen LogP contribution in [0.2, 0.25) is 0 Å². The van der Waals surface area contributed by atoms with Crippen LogP contribution < -0.4 is 5.32 Å². The van der Waals surface area contributed by atoms with Crippen molar-refractivity contribution in [3.63, 3.8) is 0 Å². The summed E-state index contributed by atoms with van der Waals surface area (Å²) in [6.07, 6.45) is -4.63. The van der Waals surface area contributed by atoms with Crippen LogP contribution in [0.5, 0.6) is 0 Å². The SMILES string of the molecule is Cc1ccc(/C=C/C(=O)NCC(O)C(F)(F)F)c(C)c1. The van der Waals surface area contributed by atoms with E-state index in [0.29, 0.717) is 0 Å². The van der Waals surface area contributed by atoms with Gasteiger partial charge in [0.2, 0.25) is 5.91 Å². The normalized spacial score (nSPS) is 13.5. The number of amides is 1.